The van der Waals surface area contributed by atoms with E-state index in [4.69, 9.17) is 15.3 Å². The molecule has 1 fully saturated rings. The zero-order chi connectivity index (χ0) is 37.0. The second kappa shape index (κ2) is 19.2. The normalized spacial score (nSPS) is 20.5. The minimum atomic E-state index is -0.954. The molecule has 1 aromatic heterocycles. The summed E-state index contributed by atoms with van der Waals surface area (Å²) >= 11 is 0. The summed E-state index contributed by atoms with van der Waals surface area (Å²) in [6.45, 7) is 8.01. The van der Waals surface area contributed by atoms with Crippen molar-refractivity contribution < 1.29 is 35.1 Å². The smallest absolute Gasteiger partial charge is 0.239 e. The molecule has 5 atom stereocenters. The third-order valence-electron chi connectivity index (χ3n) is 9.13. The number of nitrogens with one attached hydrogen (secondary N) is 2. The van der Waals surface area contributed by atoms with Crippen LogP contribution >= 0.6 is 0 Å². The molecule has 278 valence electrons. The number of aliphatic hydroxyl groups excluding tert-OH is 5. The Balaban J connectivity index is 0.000000894. The van der Waals surface area contributed by atoms with Gasteiger partial charge in [0.1, 0.15) is 12.1 Å². The van der Waals surface area contributed by atoms with E-state index in [0.717, 1.165) is 28.8 Å². The number of carbonyl (C=O) groups excluding carboxylic acids is 2. The van der Waals surface area contributed by atoms with Gasteiger partial charge in [-0.2, -0.15) is 0 Å². The molecule has 5 rings (SSSR count). The van der Waals surface area contributed by atoms with Crippen molar-refractivity contribution in [3.8, 4) is 0 Å². The van der Waals surface area contributed by atoms with Crippen LogP contribution in [0.3, 0.4) is 0 Å². The van der Waals surface area contributed by atoms with Crippen LogP contribution in [0.1, 0.15) is 55.5 Å². The van der Waals surface area contributed by atoms with Gasteiger partial charge in [-0.25, -0.2) is 0 Å². The van der Waals surface area contributed by atoms with E-state index in [2.05, 4.69) is 25.4 Å². The van der Waals surface area contributed by atoms with Gasteiger partial charge in [0.15, 0.2) is 0 Å². The van der Waals surface area contributed by atoms with Crippen LogP contribution in [-0.4, -0.2) is 121 Å². The number of pyridine rings is 1. The quantitative estimate of drug-likeness (QED) is 0.137. The number of hydrogen-bond donors (Lipinski definition) is 7. The Hall–Kier alpha value is -3.75. The Morgan fingerprint density at radius 1 is 0.922 bits per heavy atom. The van der Waals surface area contributed by atoms with Gasteiger partial charge >= 0.3 is 0 Å². The van der Waals surface area contributed by atoms with Gasteiger partial charge in [-0.1, -0.05) is 60.7 Å². The van der Waals surface area contributed by atoms with Gasteiger partial charge in [-0.15, -0.1) is 0 Å². The van der Waals surface area contributed by atoms with Crippen molar-refractivity contribution in [2.24, 2.45) is 5.92 Å². The number of benzene rings is 2. The van der Waals surface area contributed by atoms with E-state index in [-0.39, 0.29) is 38.0 Å². The van der Waals surface area contributed by atoms with Crippen molar-refractivity contribution in [3.05, 3.63) is 101 Å². The summed E-state index contributed by atoms with van der Waals surface area (Å²) in [7, 11) is 0. The van der Waals surface area contributed by atoms with E-state index < -0.39 is 41.9 Å². The summed E-state index contributed by atoms with van der Waals surface area (Å²) < 4.78 is 0. The number of rotatable bonds is 13. The summed E-state index contributed by atoms with van der Waals surface area (Å²) in [5.41, 5.74) is 3.68. The molecule has 2 amide bonds. The van der Waals surface area contributed by atoms with Crippen LogP contribution in [-0.2, 0) is 29.0 Å². The molecular formula is C39H55N5O7. The molecule has 1 unspecified atom stereocenters. The number of amides is 2. The zero-order valence-electron chi connectivity index (χ0n) is 29.9. The van der Waals surface area contributed by atoms with E-state index in [1.807, 2.05) is 93.7 Å². The second-order valence-electron chi connectivity index (χ2n) is 14.6. The van der Waals surface area contributed by atoms with E-state index >= 15 is 0 Å². The fourth-order valence-electron chi connectivity index (χ4n) is 6.62. The number of aromatic nitrogens is 1. The highest BCUT2D eigenvalue weighted by Crippen LogP contribution is 2.32. The number of carbonyl (C=O) groups is 2. The summed E-state index contributed by atoms with van der Waals surface area (Å²) in [4.78, 5) is 35.9. The fourth-order valence-corrected chi connectivity index (χ4v) is 6.62. The maximum atomic E-state index is 13.8. The molecule has 51 heavy (non-hydrogen) atoms. The first-order valence-electron chi connectivity index (χ1n) is 17.7. The highest BCUT2D eigenvalue weighted by Gasteiger charge is 2.37. The third kappa shape index (κ3) is 12.5. The van der Waals surface area contributed by atoms with E-state index in [1.54, 1.807) is 6.20 Å². The molecule has 0 saturated carbocycles. The monoisotopic (exact) mass is 705 g/mol. The van der Waals surface area contributed by atoms with Crippen molar-refractivity contribution in [2.75, 3.05) is 39.4 Å². The SMILES string of the molecule is CC(C)(C)NC(=O)[C@@H]1CN(Cc2cccnc2)CCN1C[C@@H](O)C[C@H](Cc1ccccc1)C(=O)NC1c2ccccc2C[C@H]1O.OCC(O)CO. The van der Waals surface area contributed by atoms with Crippen molar-refractivity contribution >= 4 is 11.8 Å². The van der Waals surface area contributed by atoms with Gasteiger partial charge < -0.3 is 36.2 Å². The van der Waals surface area contributed by atoms with Crippen LogP contribution in [0.5, 0.6) is 0 Å². The predicted octanol–water partition coefficient (Wildman–Crippen LogP) is 1.20. The Kier molecular flexibility index (Phi) is 15.1. The molecule has 2 heterocycles. The lowest BCUT2D eigenvalue weighted by molar-refractivity contribution is -0.132. The van der Waals surface area contributed by atoms with Crippen LogP contribution in [0.2, 0.25) is 0 Å². The Labute approximate surface area is 301 Å². The van der Waals surface area contributed by atoms with Crippen molar-refractivity contribution in [2.45, 2.75) is 82.5 Å². The maximum absolute atomic E-state index is 13.8. The van der Waals surface area contributed by atoms with Gasteiger partial charge in [-0.05, 0) is 61.9 Å². The highest BCUT2D eigenvalue weighted by molar-refractivity contribution is 5.83. The summed E-state index contributed by atoms with van der Waals surface area (Å²) in [6, 6.07) is 20.6. The van der Waals surface area contributed by atoms with E-state index in [1.165, 1.54) is 0 Å². The van der Waals surface area contributed by atoms with Gasteiger partial charge in [0.2, 0.25) is 11.8 Å². The molecule has 0 spiro atoms. The molecule has 2 aliphatic rings. The minimum Gasteiger partial charge on any atom is -0.394 e. The number of nitrogens with zero attached hydrogens (tertiary/aromatic N) is 3. The number of fused-ring (bicyclic) bond motifs is 1. The van der Waals surface area contributed by atoms with Crippen molar-refractivity contribution in [1.82, 2.24) is 25.4 Å². The number of hydrogen-bond acceptors (Lipinski definition) is 10. The molecule has 1 saturated heterocycles. The van der Waals surface area contributed by atoms with Gasteiger partial charge in [0, 0.05) is 63.0 Å². The van der Waals surface area contributed by atoms with Crippen molar-refractivity contribution in [3.63, 3.8) is 0 Å². The topological polar surface area (TPSA) is 179 Å². The van der Waals surface area contributed by atoms with E-state index in [9.17, 15) is 19.8 Å². The molecule has 0 bridgehead atoms. The Morgan fingerprint density at radius 2 is 1.61 bits per heavy atom. The fraction of sp³-hybridized carbons (Fsp3) is 0.513. The van der Waals surface area contributed by atoms with Crippen LogP contribution in [0.4, 0.5) is 0 Å². The van der Waals surface area contributed by atoms with Crippen molar-refractivity contribution in [1.29, 1.82) is 0 Å². The average molecular weight is 706 g/mol. The zero-order valence-corrected chi connectivity index (χ0v) is 29.9. The molecular weight excluding hydrogens is 650 g/mol. The van der Waals surface area contributed by atoms with Gasteiger partial charge in [0.05, 0.1) is 31.5 Å². The molecule has 1 aliphatic carbocycles. The summed E-state index contributed by atoms with van der Waals surface area (Å²) in [5.74, 6) is -0.781. The largest absolute Gasteiger partial charge is 0.394 e. The van der Waals surface area contributed by atoms with Crippen LogP contribution in [0.25, 0.3) is 0 Å². The van der Waals surface area contributed by atoms with Crippen LogP contribution in [0.15, 0.2) is 79.1 Å². The molecule has 0 radical (unpaired) electrons. The lowest BCUT2D eigenvalue weighted by Crippen LogP contribution is -2.61. The standard InChI is InChI=1S/C36H47N5O4.C3H8O3/c1-36(2,3)39-35(45)31-24-40(22-26-12-9-15-37-21-26)16-17-41(31)23-29(42)19-28(18-25-10-5-4-6-11-25)34(44)38-33-30-14-8-7-13-27(30)20-32(33)43;4-1-3(6)2-5/h4-15,21,28-29,31-33,42-43H,16-20,22-24H2,1-3H3,(H,38,44)(H,39,45);3-6H,1-2H2/t28-,29-,31-,32+,33?;/m0./s1. The van der Waals surface area contributed by atoms with Gasteiger partial charge in [0.25, 0.3) is 0 Å². The summed E-state index contributed by atoms with van der Waals surface area (Å²) in [6.07, 6.45) is 2.31. The first-order chi connectivity index (χ1) is 24.4. The molecule has 3 aromatic rings. The first kappa shape index (κ1) is 40.0. The Bertz CT molecular complexity index is 1500. The van der Waals surface area contributed by atoms with Gasteiger partial charge in [-0.3, -0.25) is 24.4 Å². The van der Waals surface area contributed by atoms with E-state index in [0.29, 0.717) is 32.5 Å². The maximum Gasteiger partial charge on any atom is 0.239 e. The lowest BCUT2D eigenvalue weighted by atomic mass is 9.91. The highest BCUT2D eigenvalue weighted by atomic mass is 16.3. The number of β-amino-alcohol motifs (C(OH)–C–C–N with tert-alkyl or cyclic N) is 1. The third-order valence-corrected chi connectivity index (χ3v) is 9.13. The number of piperazine rings is 1. The molecule has 12 nitrogen and oxygen atoms in total. The lowest BCUT2D eigenvalue weighted by Gasteiger charge is -2.42. The molecule has 2 aromatic carbocycles. The second-order valence-corrected chi connectivity index (χ2v) is 14.6. The summed E-state index contributed by atoms with van der Waals surface area (Å²) in [5, 5.41) is 52.5. The minimum absolute atomic E-state index is 0.0712. The average Bonchev–Trinajstić information content (AvgIpc) is 3.42. The molecule has 12 heteroatoms. The van der Waals surface area contributed by atoms with Crippen LogP contribution in [0, 0.1) is 5.92 Å². The van der Waals surface area contributed by atoms with Crippen LogP contribution < -0.4 is 10.6 Å². The number of aliphatic hydroxyl groups is 5. The predicted molar refractivity (Wildman–Crippen MR) is 194 cm³/mol. The first-order valence-corrected chi connectivity index (χ1v) is 17.7. The molecule has 7 N–H and O–H groups in total. The Morgan fingerprint density at radius 3 is 2.25 bits per heavy atom. The molecule has 1 aliphatic heterocycles.